The Balaban J connectivity index is 2.03. The zero-order valence-electron chi connectivity index (χ0n) is 13.6. The van der Waals surface area contributed by atoms with Crippen molar-refractivity contribution >= 4 is 11.0 Å². The van der Waals surface area contributed by atoms with E-state index in [2.05, 4.69) is 49.3 Å². The number of para-hydroxylation sites is 1. The Hall–Kier alpha value is -1.32. The lowest BCUT2D eigenvalue weighted by Crippen LogP contribution is -2.33. The number of likely N-dealkylation sites (N-methyl/N-ethyl adjacent to an activating group) is 2. The summed E-state index contributed by atoms with van der Waals surface area (Å²) in [6.07, 6.45) is 3.85. The molecule has 1 N–H and O–H groups in total. The molecule has 1 aromatic carbocycles. The summed E-state index contributed by atoms with van der Waals surface area (Å²) in [6, 6.07) is 10.6. The van der Waals surface area contributed by atoms with Gasteiger partial charge in [0, 0.05) is 11.9 Å². The van der Waals surface area contributed by atoms with E-state index in [4.69, 9.17) is 4.42 Å². The van der Waals surface area contributed by atoms with Gasteiger partial charge in [0.25, 0.3) is 0 Å². The molecule has 2 aromatic rings. The van der Waals surface area contributed by atoms with Gasteiger partial charge in [-0.2, -0.15) is 0 Å². The predicted molar refractivity (Wildman–Crippen MR) is 89.7 cm³/mol. The molecule has 0 aliphatic carbocycles. The number of hydrogen-bond donors (Lipinski definition) is 1. The van der Waals surface area contributed by atoms with E-state index in [-0.39, 0.29) is 6.04 Å². The molecule has 0 aliphatic heterocycles. The van der Waals surface area contributed by atoms with Crippen LogP contribution in [0, 0.1) is 0 Å². The van der Waals surface area contributed by atoms with Gasteiger partial charge in [-0.1, -0.05) is 44.9 Å². The Morgan fingerprint density at radius 1 is 1.19 bits per heavy atom. The number of unbranched alkanes of at least 4 members (excludes halogenated alkanes) is 2. The third-order valence-corrected chi connectivity index (χ3v) is 3.88. The highest BCUT2D eigenvalue weighted by molar-refractivity contribution is 5.77. The van der Waals surface area contributed by atoms with Crippen molar-refractivity contribution in [1.29, 1.82) is 0 Å². The van der Waals surface area contributed by atoms with Crippen molar-refractivity contribution in [2.24, 2.45) is 0 Å². The van der Waals surface area contributed by atoms with Crippen LogP contribution in [0.25, 0.3) is 11.0 Å². The van der Waals surface area contributed by atoms with Gasteiger partial charge in [-0.15, -0.1) is 0 Å². The zero-order valence-corrected chi connectivity index (χ0v) is 13.6. The summed E-state index contributed by atoms with van der Waals surface area (Å²) in [5.74, 6) is 1.04. The van der Waals surface area contributed by atoms with E-state index < -0.39 is 0 Å². The van der Waals surface area contributed by atoms with Crippen LogP contribution in [0.1, 0.15) is 44.9 Å². The van der Waals surface area contributed by atoms with Gasteiger partial charge in [0.05, 0.1) is 6.04 Å². The first-order valence-electron chi connectivity index (χ1n) is 8.15. The van der Waals surface area contributed by atoms with Crippen LogP contribution in [-0.4, -0.2) is 31.6 Å². The number of nitrogens with one attached hydrogen (secondary N) is 1. The minimum atomic E-state index is 0.258. The first-order chi connectivity index (χ1) is 10.2. The summed E-state index contributed by atoms with van der Waals surface area (Å²) in [7, 11) is 2.20. The lowest BCUT2D eigenvalue weighted by Gasteiger charge is -2.23. The Bertz CT molecular complexity index is 502. The maximum atomic E-state index is 6.02. The average molecular weight is 288 g/mol. The first kappa shape index (κ1) is 16.1. The molecule has 21 heavy (non-hydrogen) atoms. The number of furan rings is 1. The fourth-order valence-electron chi connectivity index (χ4n) is 2.71. The van der Waals surface area contributed by atoms with E-state index in [1.54, 1.807) is 0 Å². The standard InChI is InChI=1S/C18H28N2O/c1-4-6-9-12-20(3)14-16(19-5-2)18-13-15-10-7-8-11-17(15)21-18/h7-8,10-11,13,16,19H,4-6,9,12,14H2,1-3H3. The van der Waals surface area contributed by atoms with Gasteiger partial charge in [0.15, 0.2) is 0 Å². The van der Waals surface area contributed by atoms with E-state index in [0.717, 1.165) is 31.0 Å². The minimum absolute atomic E-state index is 0.258. The topological polar surface area (TPSA) is 28.4 Å². The maximum absolute atomic E-state index is 6.02. The fraction of sp³-hybridized carbons (Fsp3) is 0.556. The van der Waals surface area contributed by atoms with E-state index in [0.29, 0.717) is 0 Å². The molecule has 0 fully saturated rings. The monoisotopic (exact) mass is 288 g/mol. The van der Waals surface area contributed by atoms with Gasteiger partial charge in [0.2, 0.25) is 0 Å². The zero-order chi connectivity index (χ0) is 15.1. The van der Waals surface area contributed by atoms with Gasteiger partial charge in [-0.3, -0.25) is 0 Å². The molecular weight excluding hydrogens is 260 g/mol. The SMILES string of the molecule is CCCCCN(C)CC(NCC)c1cc2ccccc2o1. The molecule has 1 heterocycles. The van der Waals surface area contributed by atoms with Crippen LogP contribution in [0.4, 0.5) is 0 Å². The number of hydrogen-bond acceptors (Lipinski definition) is 3. The number of rotatable bonds is 9. The fourth-order valence-corrected chi connectivity index (χ4v) is 2.71. The lowest BCUT2D eigenvalue weighted by molar-refractivity contribution is 0.269. The lowest BCUT2D eigenvalue weighted by atomic mass is 10.1. The average Bonchev–Trinajstić information content (AvgIpc) is 2.91. The molecule has 2 rings (SSSR count). The van der Waals surface area contributed by atoms with Gasteiger partial charge in [-0.05, 0) is 38.7 Å². The second kappa shape index (κ2) is 8.20. The summed E-state index contributed by atoms with van der Waals surface area (Å²) in [4.78, 5) is 2.40. The molecule has 1 aromatic heterocycles. The van der Waals surface area contributed by atoms with Gasteiger partial charge in [0.1, 0.15) is 11.3 Å². The van der Waals surface area contributed by atoms with Crippen LogP contribution in [0.2, 0.25) is 0 Å². The van der Waals surface area contributed by atoms with E-state index in [1.165, 1.54) is 24.6 Å². The predicted octanol–water partition coefficient (Wildman–Crippen LogP) is 4.21. The van der Waals surface area contributed by atoms with E-state index >= 15 is 0 Å². The third kappa shape index (κ3) is 4.58. The molecule has 0 saturated carbocycles. The highest BCUT2D eigenvalue weighted by Gasteiger charge is 2.17. The molecule has 0 amide bonds. The quantitative estimate of drug-likeness (QED) is 0.701. The minimum Gasteiger partial charge on any atom is -0.459 e. The Morgan fingerprint density at radius 3 is 2.71 bits per heavy atom. The van der Waals surface area contributed by atoms with Gasteiger partial charge < -0.3 is 14.6 Å². The van der Waals surface area contributed by atoms with Crippen molar-refractivity contribution in [2.75, 3.05) is 26.7 Å². The normalized spacial score (nSPS) is 13.1. The van der Waals surface area contributed by atoms with Crippen molar-refractivity contribution in [1.82, 2.24) is 10.2 Å². The molecule has 116 valence electrons. The number of fused-ring (bicyclic) bond motifs is 1. The summed E-state index contributed by atoms with van der Waals surface area (Å²) in [6.45, 7) is 7.47. The molecule has 0 saturated heterocycles. The molecule has 1 unspecified atom stereocenters. The molecule has 0 bridgehead atoms. The first-order valence-corrected chi connectivity index (χ1v) is 8.15. The van der Waals surface area contributed by atoms with Crippen molar-refractivity contribution in [3.8, 4) is 0 Å². The molecule has 3 heteroatoms. The van der Waals surface area contributed by atoms with Crippen LogP contribution in [-0.2, 0) is 0 Å². The van der Waals surface area contributed by atoms with Gasteiger partial charge in [-0.25, -0.2) is 0 Å². The summed E-state index contributed by atoms with van der Waals surface area (Å²) in [5, 5.41) is 4.73. The van der Waals surface area contributed by atoms with Crippen LogP contribution >= 0.6 is 0 Å². The molecular formula is C18H28N2O. The number of benzene rings is 1. The highest BCUT2D eigenvalue weighted by atomic mass is 16.3. The molecule has 0 radical (unpaired) electrons. The van der Waals surface area contributed by atoms with Crippen LogP contribution < -0.4 is 5.32 Å². The Labute approximate surface area is 128 Å². The van der Waals surface area contributed by atoms with Crippen molar-refractivity contribution < 1.29 is 4.42 Å². The van der Waals surface area contributed by atoms with E-state index in [1.807, 2.05) is 12.1 Å². The smallest absolute Gasteiger partial charge is 0.134 e. The summed E-state index contributed by atoms with van der Waals surface area (Å²) >= 11 is 0. The summed E-state index contributed by atoms with van der Waals surface area (Å²) < 4.78 is 6.02. The van der Waals surface area contributed by atoms with Gasteiger partial charge >= 0.3 is 0 Å². The largest absolute Gasteiger partial charge is 0.459 e. The molecule has 0 spiro atoms. The van der Waals surface area contributed by atoms with Crippen molar-refractivity contribution in [3.63, 3.8) is 0 Å². The van der Waals surface area contributed by atoms with Crippen molar-refractivity contribution in [3.05, 3.63) is 36.1 Å². The van der Waals surface area contributed by atoms with Crippen molar-refractivity contribution in [2.45, 2.75) is 39.2 Å². The highest BCUT2D eigenvalue weighted by Crippen LogP contribution is 2.24. The molecule has 3 nitrogen and oxygen atoms in total. The Kier molecular flexibility index (Phi) is 6.27. The van der Waals surface area contributed by atoms with Crippen LogP contribution in [0.15, 0.2) is 34.7 Å². The van der Waals surface area contributed by atoms with Crippen LogP contribution in [0.5, 0.6) is 0 Å². The second-order valence-corrected chi connectivity index (χ2v) is 5.77. The summed E-state index contributed by atoms with van der Waals surface area (Å²) in [5.41, 5.74) is 0.976. The van der Waals surface area contributed by atoms with Crippen LogP contribution in [0.3, 0.4) is 0 Å². The molecule has 0 aliphatic rings. The third-order valence-electron chi connectivity index (χ3n) is 3.88. The van der Waals surface area contributed by atoms with E-state index in [9.17, 15) is 0 Å². The Morgan fingerprint density at radius 2 is 2.00 bits per heavy atom. The second-order valence-electron chi connectivity index (χ2n) is 5.77. The molecule has 1 atom stereocenters. The number of nitrogens with zero attached hydrogens (tertiary/aromatic N) is 1. The maximum Gasteiger partial charge on any atom is 0.134 e.